The fourth-order valence-corrected chi connectivity index (χ4v) is 2.31. The first-order valence-corrected chi connectivity index (χ1v) is 5.31. The van der Waals surface area contributed by atoms with Crippen LogP contribution in [0.15, 0.2) is 0 Å². The van der Waals surface area contributed by atoms with Gasteiger partial charge in [0.25, 0.3) is 0 Å². The lowest BCUT2D eigenvalue weighted by molar-refractivity contribution is -0.0178. The van der Waals surface area contributed by atoms with E-state index in [0.717, 1.165) is 25.7 Å². The second-order valence-corrected chi connectivity index (χ2v) is 5.01. The largest absolute Gasteiger partial charge is 0.393 e. The third-order valence-electron chi connectivity index (χ3n) is 3.45. The Morgan fingerprint density at radius 1 is 1.15 bits per heavy atom. The second-order valence-electron chi connectivity index (χ2n) is 5.01. The number of hydrogen-bond acceptors (Lipinski definition) is 2. The predicted molar refractivity (Wildman–Crippen MR) is 53.4 cm³/mol. The van der Waals surface area contributed by atoms with Gasteiger partial charge in [-0.05, 0) is 58.3 Å². The van der Waals surface area contributed by atoms with Crippen LogP contribution in [0.5, 0.6) is 0 Å². The molecule has 0 aromatic rings. The molecule has 0 spiro atoms. The zero-order chi connectivity index (χ0) is 10.1. The molecule has 0 radical (unpaired) electrons. The monoisotopic (exact) mass is 186 g/mol. The third-order valence-corrected chi connectivity index (χ3v) is 3.45. The second kappa shape index (κ2) is 3.97. The predicted octanol–water partition coefficient (Wildman–Crippen LogP) is 1.94. The van der Waals surface area contributed by atoms with Crippen LogP contribution in [0.4, 0.5) is 0 Å². The number of aliphatic hydroxyl groups excluding tert-OH is 1. The third kappa shape index (κ3) is 2.96. The van der Waals surface area contributed by atoms with Crippen molar-refractivity contribution in [2.75, 3.05) is 0 Å². The lowest BCUT2D eigenvalue weighted by Crippen LogP contribution is -2.35. The molecule has 0 saturated heterocycles. The Kier molecular flexibility index (Phi) is 3.36. The molecule has 1 aliphatic carbocycles. The Hall–Kier alpha value is -0.0800. The van der Waals surface area contributed by atoms with Crippen LogP contribution in [0.25, 0.3) is 0 Å². The van der Waals surface area contributed by atoms with Gasteiger partial charge in [-0.1, -0.05) is 0 Å². The first kappa shape index (κ1) is 11.0. The van der Waals surface area contributed by atoms with Crippen LogP contribution in [0.1, 0.15) is 46.5 Å². The fraction of sp³-hybridized carbons (Fsp3) is 1.00. The van der Waals surface area contributed by atoms with Crippen molar-refractivity contribution in [2.24, 2.45) is 11.8 Å². The molecule has 0 aliphatic heterocycles. The van der Waals surface area contributed by atoms with Gasteiger partial charge in [0.1, 0.15) is 0 Å². The molecule has 0 bridgehead atoms. The molecular weight excluding hydrogens is 164 g/mol. The zero-order valence-corrected chi connectivity index (χ0v) is 8.95. The van der Waals surface area contributed by atoms with Gasteiger partial charge in [-0.3, -0.25) is 0 Å². The minimum Gasteiger partial charge on any atom is -0.393 e. The van der Waals surface area contributed by atoms with E-state index in [2.05, 4.69) is 0 Å². The molecule has 1 saturated carbocycles. The summed E-state index contributed by atoms with van der Waals surface area (Å²) in [5.41, 5.74) is -0.538. The summed E-state index contributed by atoms with van der Waals surface area (Å²) in [4.78, 5) is 0. The number of hydrogen-bond donors (Lipinski definition) is 2. The fourth-order valence-electron chi connectivity index (χ4n) is 2.31. The maximum absolute atomic E-state index is 9.80. The zero-order valence-electron chi connectivity index (χ0n) is 8.95. The van der Waals surface area contributed by atoms with E-state index in [-0.39, 0.29) is 6.10 Å². The molecule has 1 aliphatic rings. The molecule has 2 heteroatoms. The van der Waals surface area contributed by atoms with Crippen molar-refractivity contribution in [3.8, 4) is 0 Å². The molecule has 2 N–H and O–H groups in total. The average Bonchev–Trinajstić information content (AvgIpc) is 2.03. The Balaban J connectivity index is 2.39. The summed E-state index contributed by atoms with van der Waals surface area (Å²) in [6.45, 7) is 5.65. The van der Waals surface area contributed by atoms with Crippen LogP contribution < -0.4 is 0 Å². The highest BCUT2D eigenvalue weighted by molar-refractivity contribution is 4.84. The summed E-state index contributed by atoms with van der Waals surface area (Å²) in [6, 6.07) is 0. The highest BCUT2D eigenvalue weighted by Crippen LogP contribution is 2.36. The minimum absolute atomic E-state index is 0.178. The van der Waals surface area contributed by atoms with Crippen LogP contribution in [0, 0.1) is 11.8 Å². The van der Waals surface area contributed by atoms with E-state index in [1.54, 1.807) is 0 Å². The Bertz CT molecular complexity index is 150. The first-order chi connectivity index (χ1) is 5.91. The molecule has 1 unspecified atom stereocenters. The van der Waals surface area contributed by atoms with Gasteiger partial charge in [0.2, 0.25) is 0 Å². The molecule has 0 heterocycles. The van der Waals surface area contributed by atoms with Crippen LogP contribution in [0.3, 0.4) is 0 Å². The van der Waals surface area contributed by atoms with Gasteiger partial charge in [0, 0.05) is 0 Å². The molecule has 1 fully saturated rings. The highest BCUT2D eigenvalue weighted by Gasteiger charge is 2.32. The quantitative estimate of drug-likeness (QED) is 0.692. The normalized spacial score (nSPS) is 33.0. The van der Waals surface area contributed by atoms with Crippen molar-refractivity contribution in [3.63, 3.8) is 0 Å². The van der Waals surface area contributed by atoms with Crippen LogP contribution >= 0.6 is 0 Å². The lowest BCUT2D eigenvalue weighted by Gasteiger charge is -2.36. The van der Waals surface area contributed by atoms with Crippen molar-refractivity contribution in [1.82, 2.24) is 0 Å². The van der Waals surface area contributed by atoms with Gasteiger partial charge in [-0.2, -0.15) is 0 Å². The maximum atomic E-state index is 9.80. The van der Waals surface area contributed by atoms with E-state index in [1.807, 2.05) is 20.8 Å². The summed E-state index contributed by atoms with van der Waals surface area (Å²) >= 11 is 0. The summed E-state index contributed by atoms with van der Waals surface area (Å²) in [5.74, 6) is 0.876. The Labute approximate surface area is 81.0 Å². The molecule has 13 heavy (non-hydrogen) atoms. The first-order valence-electron chi connectivity index (χ1n) is 5.31. The van der Waals surface area contributed by atoms with E-state index < -0.39 is 5.60 Å². The SMILES string of the molecule is CC(O)C1CCC(C(C)(C)O)CC1. The number of aliphatic hydroxyl groups is 2. The highest BCUT2D eigenvalue weighted by atomic mass is 16.3. The molecule has 2 nitrogen and oxygen atoms in total. The molecule has 78 valence electrons. The smallest absolute Gasteiger partial charge is 0.0619 e. The van der Waals surface area contributed by atoms with Crippen molar-refractivity contribution in [2.45, 2.75) is 58.2 Å². The summed E-state index contributed by atoms with van der Waals surface area (Å²) in [7, 11) is 0. The summed E-state index contributed by atoms with van der Waals surface area (Å²) < 4.78 is 0. The van der Waals surface area contributed by atoms with Crippen molar-refractivity contribution < 1.29 is 10.2 Å². The summed E-state index contributed by atoms with van der Waals surface area (Å²) in [6.07, 6.45) is 4.05. The molecular formula is C11H22O2. The van der Waals surface area contributed by atoms with Gasteiger partial charge >= 0.3 is 0 Å². The standard InChI is InChI=1S/C11H22O2/c1-8(12)9-4-6-10(7-5-9)11(2,3)13/h8-10,12-13H,4-7H2,1-3H3. The molecule has 1 atom stereocenters. The molecule has 0 amide bonds. The molecule has 0 aromatic carbocycles. The average molecular weight is 186 g/mol. The van der Waals surface area contributed by atoms with Gasteiger partial charge in [-0.15, -0.1) is 0 Å². The molecule has 0 aromatic heterocycles. The lowest BCUT2D eigenvalue weighted by atomic mass is 9.73. The van der Waals surface area contributed by atoms with E-state index in [9.17, 15) is 10.2 Å². The van der Waals surface area contributed by atoms with E-state index in [1.165, 1.54) is 0 Å². The summed E-state index contributed by atoms with van der Waals surface area (Å²) in [5, 5.41) is 19.2. The molecule has 1 rings (SSSR count). The number of rotatable bonds is 2. The van der Waals surface area contributed by atoms with E-state index in [4.69, 9.17) is 0 Å². The maximum Gasteiger partial charge on any atom is 0.0619 e. The van der Waals surface area contributed by atoms with Crippen molar-refractivity contribution >= 4 is 0 Å². The van der Waals surface area contributed by atoms with E-state index >= 15 is 0 Å². The van der Waals surface area contributed by atoms with Gasteiger partial charge in [0.05, 0.1) is 11.7 Å². The van der Waals surface area contributed by atoms with Crippen molar-refractivity contribution in [1.29, 1.82) is 0 Å². The van der Waals surface area contributed by atoms with Crippen LogP contribution in [0.2, 0.25) is 0 Å². The van der Waals surface area contributed by atoms with Crippen LogP contribution in [-0.4, -0.2) is 21.9 Å². The Morgan fingerprint density at radius 2 is 1.62 bits per heavy atom. The van der Waals surface area contributed by atoms with Gasteiger partial charge in [0.15, 0.2) is 0 Å². The van der Waals surface area contributed by atoms with Crippen LogP contribution in [-0.2, 0) is 0 Å². The van der Waals surface area contributed by atoms with Gasteiger partial charge < -0.3 is 10.2 Å². The van der Waals surface area contributed by atoms with Crippen molar-refractivity contribution in [3.05, 3.63) is 0 Å². The van der Waals surface area contributed by atoms with Gasteiger partial charge in [-0.25, -0.2) is 0 Å². The Morgan fingerprint density at radius 3 is 1.92 bits per heavy atom. The van der Waals surface area contributed by atoms with E-state index in [0.29, 0.717) is 11.8 Å². The topological polar surface area (TPSA) is 40.5 Å². The minimum atomic E-state index is -0.538.